The first-order valence-electron chi connectivity index (χ1n) is 13.0. The predicted molar refractivity (Wildman–Crippen MR) is 152 cm³/mol. The van der Waals surface area contributed by atoms with E-state index in [9.17, 15) is 18.4 Å². The fraction of sp³-hybridized carbons (Fsp3) is 0.464. The first kappa shape index (κ1) is 31.0. The van der Waals surface area contributed by atoms with Crippen LogP contribution in [-0.2, 0) is 14.3 Å². The molecular weight excluding hydrogens is 671 g/mol. The van der Waals surface area contributed by atoms with Gasteiger partial charge in [-0.05, 0) is 74.5 Å². The molecule has 2 aliphatic heterocycles. The molecule has 0 spiro atoms. The van der Waals surface area contributed by atoms with Gasteiger partial charge in [0.25, 0.3) is 22.6 Å². The summed E-state index contributed by atoms with van der Waals surface area (Å²) in [6.45, 7) is 4.04. The van der Waals surface area contributed by atoms with E-state index in [4.69, 9.17) is 9.47 Å². The lowest BCUT2D eigenvalue weighted by Crippen LogP contribution is -3.39. The van der Waals surface area contributed by atoms with Gasteiger partial charge in [-0.2, -0.15) is 0 Å². The number of nitrogens with zero attached hydrogens (tertiary/aromatic N) is 2. The van der Waals surface area contributed by atoms with E-state index in [-0.39, 0.29) is 29.0 Å². The minimum atomic E-state index is -0.889. The number of halogens is 3. The number of thioether (sulfide) groups is 2. The van der Waals surface area contributed by atoms with Gasteiger partial charge in [-0.1, -0.05) is 12.1 Å². The molecule has 0 aromatic heterocycles. The molecule has 0 saturated carbocycles. The second-order valence-corrected chi connectivity index (χ2v) is 13.8. The predicted octanol–water partition coefficient (Wildman–Crippen LogP) is 1.04. The van der Waals surface area contributed by atoms with Crippen molar-refractivity contribution in [2.24, 2.45) is 4.99 Å². The molecule has 0 bridgehead atoms. The highest BCUT2D eigenvalue weighted by molar-refractivity contribution is 8.14. The van der Waals surface area contributed by atoms with Crippen molar-refractivity contribution < 1.29 is 50.4 Å². The van der Waals surface area contributed by atoms with Gasteiger partial charge < -0.3 is 19.7 Å². The summed E-state index contributed by atoms with van der Waals surface area (Å²) < 4.78 is 39.0. The van der Waals surface area contributed by atoms with Crippen molar-refractivity contribution in [1.29, 1.82) is 0 Å². The first-order valence-corrected chi connectivity index (χ1v) is 16.6. The van der Waals surface area contributed by atoms with Crippen LogP contribution in [0.3, 0.4) is 0 Å². The van der Waals surface area contributed by atoms with Gasteiger partial charge in [0.15, 0.2) is 15.6 Å². The quantitative estimate of drug-likeness (QED) is 0.162. The number of rotatable bonds is 11. The molecule has 1 N–H and O–H groups in total. The Morgan fingerprint density at radius 1 is 1.20 bits per heavy atom. The number of alkyl halides is 1. The van der Waals surface area contributed by atoms with Crippen LogP contribution in [-0.4, -0.2) is 82.7 Å². The van der Waals surface area contributed by atoms with Crippen LogP contribution in [0.2, 0.25) is 0 Å². The fourth-order valence-corrected chi connectivity index (χ4v) is 6.24. The number of amides is 1. The lowest BCUT2D eigenvalue weighted by molar-refractivity contribution is -0.419. The summed E-state index contributed by atoms with van der Waals surface area (Å²) in [6, 6.07) is 8.94. The van der Waals surface area contributed by atoms with Gasteiger partial charge in [-0.3, -0.25) is 14.6 Å². The molecule has 2 aliphatic rings. The Morgan fingerprint density at radius 3 is 2.58 bits per heavy atom. The largest absolute Gasteiger partial charge is 0.487 e. The molecule has 216 valence electrons. The second kappa shape index (κ2) is 14.8. The van der Waals surface area contributed by atoms with Gasteiger partial charge >= 0.3 is 5.97 Å². The highest BCUT2D eigenvalue weighted by Crippen LogP contribution is 2.33. The molecule has 12 heteroatoms. The van der Waals surface area contributed by atoms with Crippen molar-refractivity contribution in [2.45, 2.75) is 40.7 Å². The van der Waals surface area contributed by atoms with Crippen molar-refractivity contribution in [1.82, 2.24) is 10.2 Å². The summed E-state index contributed by atoms with van der Waals surface area (Å²) in [7, 11) is 0. The highest BCUT2D eigenvalue weighted by Gasteiger charge is 2.35. The smallest absolute Gasteiger partial charge is 0.325 e. The van der Waals surface area contributed by atoms with Crippen molar-refractivity contribution in [3.8, 4) is 16.9 Å². The van der Waals surface area contributed by atoms with Gasteiger partial charge in [0.1, 0.15) is 36.6 Å². The summed E-state index contributed by atoms with van der Waals surface area (Å²) in [5, 5.41) is 4.01. The van der Waals surface area contributed by atoms with Crippen molar-refractivity contribution >= 4 is 40.4 Å². The topological polar surface area (TPSA) is 80.2 Å². The molecule has 4 rings (SSSR count). The molecule has 2 heterocycles. The van der Waals surface area contributed by atoms with Crippen LogP contribution >= 0.6 is 23.5 Å². The van der Waals surface area contributed by atoms with E-state index in [2.05, 4.69) is 10.3 Å². The Balaban J connectivity index is 1.37. The maximum Gasteiger partial charge on any atom is 0.325 e. The van der Waals surface area contributed by atoms with E-state index in [0.717, 1.165) is 31.5 Å². The molecule has 1 saturated heterocycles. The van der Waals surface area contributed by atoms with E-state index in [1.807, 2.05) is 35.8 Å². The number of carbonyl (C=O) groups is 2. The maximum atomic E-state index is 13.8. The number of carbonyl (C=O) groups excluding carboxylic acids is 2. The molecule has 7 nitrogen and oxygen atoms in total. The molecule has 40 heavy (non-hydrogen) atoms. The molecule has 2 atom stereocenters. The van der Waals surface area contributed by atoms with Crippen LogP contribution in [0.1, 0.15) is 19.8 Å². The summed E-state index contributed by atoms with van der Waals surface area (Å²) >= 11 is 4.72. The Kier molecular flexibility index (Phi) is 11.5. The summed E-state index contributed by atoms with van der Waals surface area (Å²) in [4.78, 5) is 32.9. The lowest BCUT2D eigenvalue weighted by Gasteiger charge is -2.35. The van der Waals surface area contributed by atoms with Gasteiger partial charge in [-0.25, -0.2) is 8.78 Å². The van der Waals surface area contributed by atoms with Crippen LogP contribution in [0.15, 0.2) is 46.3 Å². The van der Waals surface area contributed by atoms with Gasteiger partial charge in [0, 0.05) is 16.7 Å². The number of aliphatic imine (C=N–C) groups is 1. The fourth-order valence-electron chi connectivity index (χ4n) is 4.52. The zero-order valence-electron chi connectivity index (χ0n) is 22.4. The minimum absolute atomic E-state index is 0.0266. The zero-order chi connectivity index (χ0) is 28.6. The molecule has 2 aromatic rings. The first-order chi connectivity index (χ1) is 19.2. The molecular formula is C28H33F2IN3O4S2+. The van der Waals surface area contributed by atoms with Crippen molar-refractivity contribution in [3.63, 3.8) is 0 Å². The Morgan fingerprint density at radius 2 is 1.90 bits per heavy atom. The minimum Gasteiger partial charge on any atom is -0.487 e. The number of hydrogen-bond donors (Lipinski definition) is 1. The number of ether oxygens (including phenoxy) is 2. The SMILES string of the molecule is CSc1cc(F)c(F)cc1-c1ccc(OCC2=NC(C(=O)N(CC(=O)OCC(C)[IH+])C3CCNCC3)CS2)cc1. The summed E-state index contributed by atoms with van der Waals surface area (Å²) in [6.07, 6.45) is 3.38. The van der Waals surface area contributed by atoms with Gasteiger partial charge in [0.2, 0.25) is 5.91 Å². The van der Waals surface area contributed by atoms with Crippen molar-refractivity contribution in [3.05, 3.63) is 48.0 Å². The summed E-state index contributed by atoms with van der Waals surface area (Å²) in [5.41, 5.74) is 1.36. The number of piperidine rings is 1. The monoisotopic (exact) mass is 704 g/mol. The molecule has 2 unspecified atom stereocenters. The molecule has 0 aliphatic carbocycles. The highest BCUT2D eigenvalue weighted by atomic mass is 127. The van der Waals surface area contributed by atoms with Crippen molar-refractivity contribution in [2.75, 3.05) is 44.9 Å². The molecule has 1 amide bonds. The van der Waals surface area contributed by atoms with E-state index < -0.39 is 23.6 Å². The third-order valence-corrected chi connectivity index (χ3v) is 8.78. The Hall–Kier alpha value is -1.90. The zero-order valence-corrected chi connectivity index (χ0v) is 26.3. The van der Waals surface area contributed by atoms with E-state index in [1.165, 1.54) is 35.7 Å². The third-order valence-electron chi connectivity index (χ3n) is 6.57. The Bertz CT molecular complexity index is 1230. The van der Waals surface area contributed by atoms with Gasteiger partial charge in [0.05, 0.1) is 0 Å². The van der Waals surface area contributed by atoms with E-state index >= 15 is 0 Å². The molecule has 1 fully saturated rings. The van der Waals surface area contributed by atoms with Crippen LogP contribution < -0.4 is 32.6 Å². The lowest BCUT2D eigenvalue weighted by atomic mass is 10.0. The van der Waals surface area contributed by atoms with E-state index in [0.29, 0.717) is 33.6 Å². The van der Waals surface area contributed by atoms with E-state index in [1.54, 1.807) is 29.2 Å². The maximum absolute atomic E-state index is 13.8. The average molecular weight is 705 g/mol. The number of benzene rings is 2. The van der Waals surface area contributed by atoms with Crippen LogP contribution in [0, 0.1) is 11.6 Å². The second-order valence-electron chi connectivity index (χ2n) is 9.57. The number of hydrogen-bond acceptors (Lipinski definition) is 8. The normalized spacial score (nSPS) is 18.2. The third kappa shape index (κ3) is 8.32. The summed E-state index contributed by atoms with van der Waals surface area (Å²) in [5.74, 6) is -1.22. The number of nitrogens with one attached hydrogen (secondary N) is 1. The standard InChI is InChI=1S/C28H33F2IN3O4S2/c1-17(31)14-38-27(35)13-34(19-7-9-32-10-8-19)28(36)24-16-40-26(33-24)15-37-20-5-3-18(4-6-20)21-11-22(29)23(30)12-25(21)39-2/h3-6,11-12,17,19,24,31-32H,7-10,13-16H2,1-2H3/q+1. The Labute approximate surface area is 255 Å². The molecule has 2 aromatic carbocycles. The van der Waals surface area contributed by atoms with Gasteiger partial charge in [-0.15, -0.1) is 23.5 Å². The van der Waals surface area contributed by atoms with Crippen LogP contribution in [0.25, 0.3) is 11.1 Å². The van der Waals surface area contributed by atoms with Crippen LogP contribution in [0.4, 0.5) is 8.78 Å². The number of esters is 1. The molecule has 0 radical (unpaired) electrons. The van der Waals surface area contributed by atoms with Crippen LogP contribution in [0.5, 0.6) is 5.75 Å². The average Bonchev–Trinajstić information content (AvgIpc) is 3.44.